The van der Waals surface area contributed by atoms with Gasteiger partial charge < -0.3 is 5.32 Å². The molecule has 0 aliphatic heterocycles. The summed E-state index contributed by atoms with van der Waals surface area (Å²) in [7, 11) is -3.20. The Morgan fingerprint density at radius 1 is 1.14 bits per heavy atom. The molecule has 0 aromatic heterocycles. The molecule has 0 bridgehead atoms. The molecule has 4 nitrogen and oxygen atoms in total. The Hall–Kier alpha value is -1.97. The molecule has 0 atom stereocenters. The number of hydrogen-bond acceptors (Lipinski definition) is 5. The minimum atomic E-state index is -3.20. The van der Waals surface area contributed by atoms with Crippen LogP contribution in [0.3, 0.4) is 0 Å². The molecule has 0 aliphatic rings. The van der Waals surface area contributed by atoms with Gasteiger partial charge in [-0.05, 0) is 42.7 Å². The minimum Gasteiger partial charge on any atom is -0.354 e. The number of anilines is 2. The van der Waals surface area contributed by atoms with Gasteiger partial charge in [0, 0.05) is 16.8 Å². The lowest BCUT2D eigenvalue weighted by molar-refractivity contribution is 0.602. The van der Waals surface area contributed by atoms with Crippen molar-refractivity contribution in [2.45, 2.75) is 9.79 Å². The molecule has 0 saturated heterocycles. The molecule has 0 radical (unpaired) electrons. The summed E-state index contributed by atoms with van der Waals surface area (Å²) in [5.74, 6) is 0. The average molecular weight is 318 g/mol. The molecule has 6 heteroatoms. The molecule has 108 valence electrons. The van der Waals surface area contributed by atoms with Crippen LogP contribution in [0.5, 0.6) is 0 Å². The summed E-state index contributed by atoms with van der Waals surface area (Å²) in [5, 5.41) is 12.4. The van der Waals surface area contributed by atoms with E-state index in [1.165, 1.54) is 18.0 Å². The predicted molar refractivity (Wildman–Crippen MR) is 85.8 cm³/mol. The van der Waals surface area contributed by atoms with Crippen molar-refractivity contribution < 1.29 is 8.42 Å². The molecule has 0 spiro atoms. The monoisotopic (exact) mass is 318 g/mol. The maximum atomic E-state index is 11.4. The summed E-state index contributed by atoms with van der Waals surface area (Å²) in [6, 6.07) is 14.2. The van der Waals surface area contributed by atoms with Gasteiger partial charge in [0.25, 0.3) is 0 Å². The van der Waals surface area contributed by atoms with Gasteiger partial charge in [-0.2, -0.15) is 5.26 Å². The van der Waals surface area contributed by atoms with Crippen molar-refractivity contribution in [1.82, 2.24) is 0 Å². The number of rotatable bonds is 4. The molecule has 0 saturated carbocycles. The molecule has 0 heterocycles. The predicted octanol–water partition coefficient (Wildman–Crippen LogP) is 3.43. The third kappa shape index (κ3) is 3.57. The molecule has 0 fully saturated rings. The Kier molecular flexibility index (Phi) is 4.56. The fourth-order valence-electron chi connectivity index (χ4n) is 1.86. The first-order valence-electron chi connectivity index (χ1n) is 6.10. The van der Waals surface area contributed by atoms with Gasteiger partial charge in [0.1, 0.15) is 6.07 Å². The van der Waals surface area contributed by atoms with E-state index in [1.54, 1.807) is 24.3 Å². The standard InChI is InChI=1S/C15H14N2O2S2/c1-20-15-5-3-4-14(13(15)10-16)17-11-6-8-12(9-7-11)21(2,18)19/h3-9,17H,1-2H3. The first kappa shape index (κ1) is 15.4. The highest BCUT2D eigenvalue weighted by Crippen LogP contribution is 2.28. The van der Waals surface area contributed by atoms with Gasteiger partial charge in [-0.3, -0.25) is 0 Å². The van der Waals surface area contributed by atoms with Crippen LogP contribution in [0.25, 0.3) is 0 Å². The zero-order valence-corrected chi connectivity index (χ0v) is 13.3. The lowest BCUT2D eigenvalue weighted by atomic mass is 10.2. The van der Waals surface area contributed by atoms with E-state index in [0.717, 1.165) is 10.6 Å². The summed E-state index contributed by atoms with van der Waals surface area (Å²) in [6.07, 6.45) is 3.09. The number of hydrogen-bond donors (Lipinski definition) is 1. The number of thioether (sulfide) groups is 1. The van der Waals surface area contributed by atoms with Crippen LogP contribution in [0.2, 0.25) is 0 Å². The lowest BCUT2D eigenvalue weighted by Crippen LogP contribution is -1.98. The van der Waals surface area contributed by atoms with Gasteiger partial charge in [-0.15, -0.1) is 11.8 Å². The molecule has 2 rings (SSSR count). The summed E-state index contributed by atoms with van der Waals surface area (Å²) in [5.41, 5.74) is 2.02. The quantitative estimate of drug-likeness (QED) is 0.875. The first-order chi connectivity index (χ1) is 9.95. The third-order valence-electron chi connectivity index (χ3n) is 2.92. The topological polar surface area (TPSA) is 70.0 Å². The zero-order valence-electron chi connectivity index (χ0n) is 11.6. The fourth-order valence-corrected chi connectivity index (χ4v) is 3.07. The Morgan fingerprint density at radius 3 is 2.33 bits per heavy atom. The molecular formula is C15H14N2O2S2. The number of sulfone groups is 1. The van der Waals surface area contributed by atoms with Gasteiger partial charge in [0.05, 0.1) is 16.1 Å². The lowest BCUT2D eigenvalue weighted by Gasteiger charge is -2.11. The Morgan fingerprint density at radius 2 is 1.81 bits per heavy atom. The van der Waals surface area contributed by atoms with E-state index in [1.807, 2.05) is 24.5 Å². The van der Waals surface area contributed by atoms with Gasteiger partial charge in [0.2, 0.25) is 0 Å². The van der Waals surface area contributed by atoms with Crippen LogP contribution < -0.4 is 5.32 Å². The second-order valence-corrected chi connectivity index (χ2v) is 7.28. The maximum Gasteiger partial charge on any atom is 0.175 e. The van der Waals surface area contributed by atoms with Crippen LogP contribution in [0.15, 0.2) is 52.3 Å². The van der Waals surface area contributed by atoms with E-state index in [0.29, 0.717) is 11.3 Å². The average Bonchev–Trinajstić information content (AvgIpc) is 2.46. The zero-order chi connectivity index (χ0) is 15.5. The van der Waals surface area contributed by atoms with Gasteiger partial charge in [0.15, 0.2) is 9.84 Å². The van der Waals surface area contributed by atoms with E-state index in [2.05, 4.69) is 11.4 Å². The van der Waals surface area contributed by atoms with Crippen molar-refractivity contribution in [1.29, 1.82) is 5.26 Å². The minimum absolute atomic E-state index is 0.270. The largest absolute Gasteiger partial charge is 0.354 e. The number of nitrogens with zero attached hydrogens (tertiary/aromatic N) is 1. The summed E-state index contributed by atoms with van der Waals surface area (Å²) < 4.78 is 22.8. The van der Waals surface area contributed by atoms with Crippen molar-refractivity contribution in [3.8, 4) is 6.07 Å². The van der Waals surface area contributed by atoms with Crippen LogP contribution in [0.1, 0.15) is 5.56 Å². The number of benzene rings is 2. The van der Waals surface area contributed by atoms with Crippen molar-refractivity contribution in [2.75, 3.05) is 17.8 Å². The highest BCUT2D eigenvalue weighted by atomic mass is 32.2. The van der Waals surface area contributed by atoms with E-state index in [4.69, 9.17) is 0 Å². The third-order valence-corrected chi connectivity index (χ3v) is 4.83. The normalized spacial score (nSPS) is 10.9. The van der Waals surface area contributed by atoms with E-state index < -0.39 is 9.84 Å². The second-order valence-electron chi connectivity index (χ2n) is 4.42. The van der Waals surface area contributed by atoms with Crippen molar-refractivity contribution in [3.05, 3.63) is 48.0 Å². The molecule has 2 aromatic rings. The van der Waals surface area contributed by atoms with E-state index in [-0.39, 0.29) is 4.90 Å². The van der Waals surface area contributed by atoms with Gasteiger partial charge in [-0.1, -0.05) is 6.07 Å². The summed E-state index contributed by atoms with van der Waals surface area (Å²) in [4.78, 5) is 1.17. The van der Waals surface area contributed by atoms with Crippen molar-refractivity contribution in [3.63, 3.8) is 0 Å². The SMILES string of the molecule is CSc1cccc(Nc2ccc(S(C)(=O)=O)cc2)c1C#N. The van der Waals surface area contributed by atoms with Crippen molar-refractivity contribution >= 4 is 33.0 Å². The van der Waals surface area contributed by atoms with Crippen LogP contribution in [0, 0.1) is 11.3 Å². The molecule has 0 amide bonds. The number of nitrogens with one attached hydrogen (secondary N) is 1. The number of nitriles is 1. The summed E-state index contributed by atoms with van der Waals surface area (Å²) >= 11 is 1.51. The van der Waals surface area contributed by atoms with Crippen LogP contribution >= 0.6 is 11.8 Å². The Labute approximate surface area is 128 Å². The van der Waals surface area contributed by atoms with Crippen LogP contribution in [0.4, 0.5) is 11.4 Å². The maximum absolute atomic E-state index is 11.4. The molecule has 2 aromatic carbocycles. The van der Waals surface area contributed by atoms with E-state index >= 15 is 0 Å². The van der Waals surface area contributed by atoms with Crippen molar-refractivity contribution in [2.24, 2.45) is 0 Å². The molecular weight excluding hydrogens is 304 g/mol. The van der Waals surface area contributed by atoms with Gasteiger partial charge >= 0.3 is 0 Å². The molecule has 21 heavy (non-hydrogen) atoms. The molecule has 0 unspecified atom stereocenters. The fraction of sp³-hybridized carbons (Fsp3) is 0.133. The highest BCUT2D eigenvalue weighted by Gasteiger charge is 2.09. The first-order valence-corrected chi connectivity index (χ1v) is 9.21. The highest BCUT2D eigenvalue weighted by molar-refractivity contribution is 7.98. The van der Waals surface area contributed by atoms with Crippen LogP contribution in [-0.2, 0) is 9.84 Å². The second kappa shape index (κ2) is 6.20. The summed E-state index contributed by atoms with van der Waals surface area (Å²) in [6.45, 7) is 0. The Bertz CT molecular complexity index is 791. The Balaban J connectivity index is 2.33. The van der Waals surface area contributed by atoms with E-state index in [9.17, 15) is 13.7 Å². The molecule has 1 N–H and O–H groups in total. The van der Waals surface area contributed by atoms with Gasteiger partial charge in [-0.25, -0.2) is 8.42 Å². The smallest absolute Gasteiger partial charge is 0.175 e. The molecule has 0 aliphatic carbocycles. The van der Waals surface area contributed by atoms with Crippen LogP contribution in [-0.4, -0.2) is 20.9 Å².